The Morgan fingerprint density at radius 3 is 2.73 bits per heavy atom. The van der Waals surface area contributed by atoms with E-state index in [1.165, 1.54) is 11.3 Å². The van der Waals surface area contributed by atoms with E-state index in [0.717, 1.165) is 16.6 Å². The maximum Gasteiger partial charge on any atom is 0.263 e. The molecule has 1 N–H and O–H groups in total. The second-order valence-corrected chi connectivity index (χ2v) is 5.90. The van der Waals surface area contributed by atoms with E-state index < -0.39 is 0 Å². The molecular formula is C15H17N5OS. The van der Waals surface area contributed by atoms with Gasteiger partial charge in [0, 0.05) is 37.9 Å². The molecule has 0 aliphatic carbocycles. The molecule has 0 radical (unpaired) electrons. The van der Waals surface area contributed by atoms with Gasteiger partial charge in [-0.25, -0.2) is 9.97 Å². The Labute approximate surface area is 132 Å². The third-order valence-corrected chi connectivity index (χ3v) is 4.55. The van der Waals surface area contributed by atoms with E-state index in [1.54, 1.807) is 6.20 Å². The lowest BCUT2D eigenvalue weighted by atomic mass is 10.4. The average Bonchev–Trinajstić information content (AvgIpc) is 3.20. The van der Waals surface area contributed by atoms with E-state index in [4.69, 9.17) is 0 Å². The lowest BCUT2D eigenvalue weighted by Crippen LogP contribution is -2.27. The first-order chi connectivity index (χ1) is 10.6. The summed E-state index contributed by atoms with van der Waals surface area (Å²) in [5.41, 5.74) is 0.755. The SMILES string of the molecule is Cc1nc(-n2cccc2)sc1C(=O)NCCn1ccnc1C. The zero-order valence-electron chi connectivity index (χ0n) is 12.5. The van der Waals surface area contributed by atoms with Gasteiger partial charge < -0.3 is 14.5 Å². The van der Waals surface area contributed by atoms with Gasteiger partial charge in [-0.05, 0) is 26.0 Å². The highest BCUT2D eigenvalue weighted by Gasteiger charge is 2.15. The molecule has 0 fully saturated rings. The number of thiazole rings is 1. The Bertz CT molecular complexity index is 772. The van der Waals surface area contributed by atoms with E-state index >= 15 is 0 Å². The van der Waals surface area contributed by atoms with Crippen LogP contribution < -0.4 is 5.32 Å². The van der Waals surface area contributed by atoms with Crippen molar-refractivity contribution in [3.63, 3.8) is 0 Å². The monoisotopic (exact) mass is 315 g/mol. The molecule has 22 heavy (non-hydrogen) atoms. The van der Waals surface area contributed by atoms with Crippen molar-refractivity contribution in [2.24, 2.45) is 0 Å². The van der Waals surface area contributed by atoms with Crippen LogP contribution in [0, 0.1) is 13.8 Å². The van der Waals surface area contributed by atoms with E-state index in [0.29, 0.717) is 18.0 Å². The lowest BCUT2D eigenvalue weighted by Gasteiger charge is -2.06. The fourth-order valence-electron chi connectivity index (χ4n) is 2.18. The molecule has 0 unspecified atom stereocenters. The normalized spacial score (nSPS) is 10.8. The number of carbonyl (C=O) groups excluding carboxylic acids is 1. The van der Waals surface area contributed by atoms with Gasteiger partial charge in [0.1, 0.15) is 10.7 Å². The third-order valence-electron chi connectivity index (χ3n) is 3.38. The molecule has 0 aliphatic rings. The van der Waals surface area contributed by atoms with Crippen molar-refractivity contribution in [3.05, 3.63) is 53.3 Å². The summed E-state index contributed by atoms with van der Waals surface area (Å²) in [5.74, 6) is 0.865. The number of hydrogen-bond acceptors (Lipinski definition) is 4. The molecule has 6 nitrogen and oxygen atoms in total. The van der Waals surface area contributed by atoms with Crippen LogP contribution in [0.25, 0.3) is 5.13 Å². The zero-order chi connectivity index (χ0) is 15.5. The molecule has 0 aliphatic heterocycles. The number of aryl methyl sites for hydroxylation is 2. The van der Waals surface area contributed by atoms with E-state index in [1.807, 2.05) is 53.7 Å². The van der Waals surface area contributed by atoms with Crippen LogP contribution in [0.3, 0.4) is 0 Å². The van der Waals surface area contributed by atoms with Crippen molar-refractivity contribution in [1.82, 2.24) is 24.4 Å². The average molecular weight is 315 g/mol. The van der Waals surface area contributed by atoms with Crippen LogP contribution in [-0.2, 0) is 6.54 Å². The van der Waals surface area contributed by atoms with Crippen LogP contribution in [0.4, 0.5) is 0 Å². The summed E-state index contributed by atoms with van der Waals surface area (Å²) in [5, 5.41) is 3.74. The molecule has 0 atom stereocenters. The highest BCUT2D eigenvalue weighted by molar-refractivity contribution is 7.16. The predicted molar refractivity (Wildman–Crippen MR) is 85.5 cm³/mol. The van der Waals surface area contributed by atoms with Crippen molar-refractivity contribution < 1.29 is 4.79 Å². The number of hydrogen-bond donors (Lipinski definition) is 1. The molecule has 3 heterocycles. The molecule has 1 amide bonds. The molecule has 3 aromatic heterocycles. The molecule has 0 aromatic carbocycles. The van der Waals surface area contributed by atoms with Crippen molar-refractivity contribution in [1.29, 1.82) is 0 Å². The molecule has 0 bridgehead atoms. The number of aromatic nitrogens is 4. The van der Waals surface area contributed by atoms with Crippen molar-refractivity contribution in [3.8, 4) is 5.13 Å². The van der Waals surface area contributed by atoms with Gasteiger partial charge in [-0.1, -0.05) is 11.3 Å². The van der Waals surface area contributed by atoms with E-state index in [9.17, 15) is 4.79 Å². The largest absolute Gasteiger partial charge is 0.349 e. The smallest absolute Gasteiger partial charge is 0.263 e. The summed E-state index contributed by atoms with van der Waals surface area (Å²) in [6.45, 7) is 5.07. The number of nitrogens with zero attached hydrogens (tertiary/aromatic N) is 4. The quantitative estimate of drug-likeness (QED) is 0.785. The van der Waals surface area contributed by atoms with Crippen LogP contribution in [-0.4, -0.2) is 31.6 Å². The summed E-state index contributed by atoms with van der Waals surface area (Å²) in [4.78, 5) is 21.6. The maximum absolute atomic E-state index is 12.3. The number of nitrogens with one attached hydrogen (secondary N) is 1. The Hall–Kier alpha value is -2.41. The minimum atomic E-state index is -0.0776. The Morgan fingerprint density at radius 2 is 2.05 bits per heavy atom. The minimum Gasteiger partial charge on any atom is -0.349 e. The van der Waals surface area contributed by atoms with E-state index in [-0.39, 0.29) is 5.91 Å². The van der Waals surface area contributed by atoms with Gasteiger partial charge in [-0.3, -0.25) is 4.79 Å². The molecule has 0 saturated carbocycles. The van der Waals surface area contributed by atoms with Crippen LogP contribution in [0.5, 0.6) is 0 Å². The van der Waals surface area contributed by atoms with Gasteiger partial charge in [-0.15, -0.1) is 0 Å². The highest BCUT2D eigenvalue weighted by Crippen LogP contribution is 2.21. The van der Waals surface area contributed by atoms with Crippen LogP contribution in [0.1, 0.15) is 21.2 Å². The van der Waals surface area contributed by atoms with Gasteiger partial charge in [0.25, 0.3) is 5.91 Å². The lowest BCUT2D eigenvalue weighted by molar-refractivity contribution is 0.0955. The summed E-state index contributed by atoms with van der Waals surface area (Å²) >= 11 is 1.40. The van der Waals surface area contributed by atoms with E-state index in [2.05, 4.69) is 15.3 Å². The number of imidazole rings is 1. The predicted octanol–water partition coefficient (Wildman–Crippen LogP) is 2.18. The Morgan fingerprint density at radius 1 is 1.27 bits per heavy atom. The maximum atomic E-state index is 12.3. The molecule has 114 valence electrons. The van der Waals surface area contributed by atoms with Crippen molar-refractivity contribution in [2.75, 3.05) is 6.54 Å². The Kier molecular flexibility index (Phi) is 4.06. The molecule has 3 aromatic rings. The number of rotatable bonds is 5. The first-order valence-corrected chi connectivity index (χ1v) is 7.83. The fraction of sp³-hybridized carbons (Fsp3) is 0.267. The van der Waals surface area contributed by atoms with Crippen LogP contribution in [0.15, 0.2) is 36.9 Å². The van der Waals surface area contributed by atoms with Gasteiger partial charge in [0.05, 0.1) is 5.69 Å². The first-order valence-electron chi connectivity index (χ1n) is 7.02. The first kappa shape index (κ1) is 14.5. The van der Waals surface area contributed by atoms with Gasteiger partial charge in [0.2, 0.25) is 0 Å². The highest BCUT2D eigenvalue weighted by atomic mass is 32.1. The summed E-state index contributed by atoms with van der Waals surface area (Å²) in [7, 11) is 0. The van der Waals surface area contributed by atoms with Crippen molar-refractivity contribution >= 4 is 17.2 Å². The molecule has 7 heteroatoms. The second-order valence-electron chi connectivity index (χ2n) is 4.93. The van der Waals surface area contributed by atoms with Gasteiger partial charge >= 0.3 is 0 Å². The second kappa shape index (κ2) is 6.15. The topological polar surface area (TPSA) is 64.7 Å². The minimum absolute atomic E-state index is 0.0776. The summed E-state index contributed by atoms with van der Waals surface area (Å²) < 4.78 is 3.91. The zero-order valence-corrected chi connectivity index (χ0v) is 13.3. The molecule has 0 saturated heterocycles. The standard InChI is InChI=1S/C15H17N5OS/c1-11-13(22-15(18-11)20-7-3-4-8-20)14(21)17-6-10-19-9-5-16-12(19)2/h3-5,7-9H,6,10H2,1-2H3,(H,17,21). The van der Waals surface area contributed by atoms with Gasteiger partial charge in [-0.2, -0.15) is 0 Å². The van der Waals surface area contributed by atoms with Gasteiger partial charge in [0.15, 0.2) is 5.13 Å². The summed E-state index contributed by atoms with van der Waals surface area (Å²) in [6.07, 6.45) is 7.50. The number of amides is 1. The van der Waals surface area contributed by atoms with Crippen molar-refractivity contribution in [2.45, 2.75) is 20.4 Å². The summed E-state index contributed by atoms with van der Waals surface area (Å²) in [6, 6.07) is 3.87. The number of carbonyl (C=O) groups is 1. The fourth-order valence-corrected chi connectivity index (χ4v) is 3.13. The third kappa shape index (κ3) is 2.94. The van der Waals surface area contributed by atoms with Crippen LogP contribution in [0.2, 0.25) is 0 Å². The molecule has 3 rings (SSSR count). The molecule has 0 spiro atoms. The molecular weight excluding hydrogens is 298 g/mol. The Balaban J connectivity index is 1.64. The van der Waals surface area contributed by atoms with Crippen LogP contribution >= 0.6 is 11.3 Å².